The Morgan fingerprint density at radius 2 is 1.20 bits per heavy atom. The first kappa shape index (κ1) is 14.7. The fourth-order valence-corrected chi connectivity index (χ4v) is 3.22. The Bertz CT molecular complexity index is 547. The third-order valence-corrected chi connectivity index (χ3v) is 4.29. The molecule has 3 nitrogen and oxygen atoms in total. The van der Waals surface area contributed by atoms with Crippen LogP contribution in [0, 0.1) is 0 Å². The van der Waals surface area contributed by atoms with Crippen LogP contribution in [0.15, 0.2) is 48.5 Å². The van der Waals surface area contributed by atoms with Gasteiger partial charge in [-0.05, 0) is 36.1 Å². The van der Waals surface area contributed by atoms with E-state index >= 15 is 0 Å². The lowest BCUT2D eigenvalue weighted by Crippen LogP contribution is -1.99. The van der Waals surface area contributed by atoms with Crippen molar-refractivity contribution in [2.75, 3.05) is 10.2 Å². The van der Waals surface area contributed by atoms with Crippen molar-refractivity contribution in [2.24, 2.45) is 0 Å². The number of para-hydroxylation sites is 2. The van der Waals surface area contributed by atoms with E-state index in [0.29, 0.717) is 0 Å². The van der Waals surface area contributed by atoms with Gasteiger partial charge in [0.05, 0.1) is 0 Å². The van der Waals surface area contributed by atoms with Gasteiger partial charge >= 0.3 is 0 Å². The van der Waals surface area contributed by atoms with E-state index in [0.717, 1.165) is 24.2 Å². The molecule has 0 fully saturated rings. The van der Waals surface area contributed by atoms with Crippen molar-refractivity contribution in [3.05, 3.63) is 59.7 Å². The number of benzene rings is 2. The molecule has 2 N–H and O–H groups in total. The highest BCUT2D eigenvalue weighted by molar-refractivity contribution is 7.48. The predicted molar refractivity (Wildman–Crippen MR) is 87.9 cm³/mol. The molecule has 0 saturated heterocycles. The SMILES string of the molecule is CCc1ccccc1N[PH](=O)Nc1ccccc1CC. The lowest BCUT2D eigenvalue weighted by atomic mass is 10.1. The Morgan fingerprint density at radius 1 is 0.800 bits per heavy atom. The fourth-order valence-electron chi connectivity index (χ4n) is 2.18. The highest BCUT2D eigenvalue weighted by Gasteiger charge is 2.05. The van der Waals surface area contributed by atoms with E-state index in [9.17, 15) is 4.57 Å². The van der Waals surface area contributed by atoms with Crippen LogP contribution < -0.4 is 10.2 Å². The van der Waals surface area contributed by atoms with Gasteiger partial charge in [-0.3, -0.25) is 4.57 Å². The number of nitrogens with one attached hydrogen (secondary N) is 2. The van der Waals surface area contributed by atoms with Crippen LogP contribution in [-0.4, -0.2) is 0 Å². The van der Waals surface area contributed by atoms with Gasteiger partial charge in [0.15, 0.2) is 0 Å². The fraction of sp³-hybridized carbons (Fsp3) is 0.250. The maximum atomic E-state index is 12.3. The van der Waals surface area contributed by atoms with Gasteiger partial charge in [0.1, 0.15) is 0 Å². The summed E-state index contributed by atoms with van der Waals surface area (Å²) in [4.78, 5) is 0. The monoisotopic (exact) mass is 288 g/mol. The van der Waals surface area contributed by atoms with E-state index in [-0.39, 0.29) is 0 Å². The highest BCUT2D eigenvalue weighted by Crippen LogP contribution is 2.30. The molecule has 0 aliphatic heterocycles. The maximum absolute atomic E-state index is 12.3. The predicted octanol–water partition coefficient (Wildman–Crippen LogP) is 4.73. The highest BCUT2D eigenvalue weighted by atomic mass is 31.1. The average Bonchev–Trinajstić information content (AvgIpc) is 2.48. The molecule has 0 heterocycles. The minimum atomic E-state index is -2.11. The van der Waals surface area contributed by atoms with Gasteiger partial charge in [-0.1, -0.05) is 50.2 Å². The van der Waals surface area contributed by atoms with Crippen molar-refractivity contribution in [1.82, 2.24) is 0 Å². The summed E-state index contributed by atoms with van der Waals surface area (Å²) in [5, 5.41) is 6.19. The Morgan fingerprint density at radius 3 is 1.60 bits per heavy atom. The van der Waals surface area contributed by atoms with E-state index in [4.69, 9.17) is 0 Å². The Hall–Kier alpha value is -1.73. The molecule has 0 amide bonds. The normalized spacial score (nSPS) is 10.6. The van der Waals surface area contributed by atoms with Crippen LogP contribution >= 0.6 is 8.10 Å². The zero-order valence-electron chi connectivity index (χ0n) is 11.9. The molecule has 0 spiro atoms. The average molecular weight is 288 g/mol. The lowest BCUT2D eigenvalue weighted by molar-refractivity contribution is 0.593. The smallest absolute Gasteiger partial charge is 0.246 e. The van der Waals surface area contributed by atoms with Gasteiger partial charge in [-0.2, -0.15) is 0 Å². The van der Waals surface area contributed by atoms with Crippen LogP contribution in [0.2, 0.25) is 0 Å². The Kier molecular flexibility index (Phi) is 5.25. The Balaban J connectivity index is 2.09. The van der Waals surface area contributed by atoms with E-state index in [1.807, 2.05) is 36.4 Å². The molecule has 4 heteroatoms. The summed E-state index contributed by atoms with van der Waals surface area (Å²) in [6.07, 6.45) is 1.84. The molecule has 0 aliphatic carbocycles. The molecule has 0 unspecified atom stereocenters. The molecule has 20 heavy (non-hydrogen) atoms. The van der Waals surface area contributed by atoms with Crippen LogP contribution in [0.4, 0.5) is 11.4 Å². The van der Waals surface area contributed by atoms with E-state index < -0.39 is 8.10 Å². The lowest BCUT2D eigenvalue weighted by Gasteiger charge is -2.14. The van der Waals surface area contributed by atoms with E-state index in [1.165, 1.54) is 11.1 Å². The largest absolute Gasteiger partial charge is 0.322 e. The molecule has 2 aromatic carbocycles. The molecule has 0 aliphatic rings. The summed E-state index contributed by atoms with van der Waals surface area (Å²) in [5.74, 6) is 0. The van der Waals surface area contributed by atoms with Crippen molar-refractivity contribution in [2.45, 2.75) is 26.7 Å². The molecule has 0 bridgehead atoms. The number of hydrogen-bond acceptors (Lipinski definition) is 1. The van der Waals surface area contributed by atoms with E-state index in [2.05, 4.69) is 36.2 Å². The quantitative estimate of drug-likeness (QED) is 0.755. The molecular weight excluding hydrogens is 267 g/mol. The molecule has 2 rings (SSSR count). The number of rotatable bonds is 6. The van der Waals surface area contributed by atoms with Crippen molar-refractivity contribution < 1.29 is 4.57 Å². The number of hydrogen-bond donors (Lipinski definition) is 2. The second kappa shape index (κ2) is 7.16. The summed E-state index contributed by atoms with van der Waals surface area (Å²) in [7, 11) is -2.11. The topological polar surface area (TPSA) is 41.1 Å². The molecule has 0 aromatic heterocycles. The van der Waals surface area contributed by atoms with Crippen molar-refractivity contribution >= 4 is 19.5 Å². The second-order valence-corrected chi connectivity index (χ2v) is 5.76. The van der Waals surface area contributed by atoms with Gasteiger partial charge < -0.3 is 10.2 Å². The van der Waals surface area contributed by atoms with Gasteiger partial charge in [0.25, 0.3) is 0 Å². The van der Waals surface area contributed by atoms with Crippen molar-refractivity contribution in [3.8, 4) is 0 Å². The van der Waals surface area contributed by atoms with Crippen LogP contribution in [0.1, 0.15) is 25.0 Å². The zero-order valence-corrected chi connectivity index (χ0v) is 12.9. The van der Waals surface area contributed by atoms with Gasteiger partial charge in [0, 0.05) is 11.4 Å². The summed E-state index contributed by atoms with van der Waals surface area (Å²) in [6.45, 7) is 4.19. The molecular formula is C16H21N2OP. The minimum absolute atomic E-state index is 0.921. The third-order valence-electron chi connectivity index (χ3n) is 3.29. The third kappa shape index (κ3) is 3.64. The van der Waals surface area contributed by atoms with Crippen LogP contribution in [0.3, 0.4) is 0 Å². The first-order valence-corrected chi connectivity index (χ1v) is 8.39. The van der Waals surface area contributed by atoms with Gasteiger partial charge in [0.2, 0.25) is 8.10 Å². The molecule has 0 radical (unpaired) electrons. The summed E-state index contributed by atoms with van der Waals surface area (Å²) in [6, 6.07) is 16.0. The van der Waals surface area contributed by atoms with Crippen molar-refractivity contribution in [3.63, 3.8) is 0 Å². The zero-order chi connectivity index (χ0) is 14.4. The molecule has 0 saturated carbocycles. The molecule has 0 atom stereocenters. The minimum Gasteiger partial charge on any atom is -0.322 e. The maximum Gasteiger partial charge on any atom is 0.246 e. The number of anilines is 2. The Labute approximate surface area is 121 Å². The summed E-state index contributed by atoms with van der Waals surface area (Å²) >= 11 is 0. The van der Waals surface area contributed by atoms with Gasteiger partial charge in [-0.15, -0.1) is 0 Å². The first-order chi connectivity index (χ1) is 9.74. The van der Waals surface area contributed by atoms with Crippen LogP contribution in [-0.2, 0) is 17.4 Å². The van der Waals surface area contributed by atoms with E-state index in [1.54, 1.807) is 0 Å². The first-order valence-electron chi connectivity index (χ1n) is 6.98. The van der Waals surface area contributed by atoms with Gasteiger partial charge in [-0.25, -0.2) is 0 Å². The summed E-state index contributed by atoms with van der Waals surface area (Å²) in [5.41, 5.74) is 4.24. The molecule has 2 aromatic rings. The van der Waals surface area contributed by atoms with Crippen LogP contribution in [0.25, 0.3) is 0 Å². The number of aryl methyl sites for hydroxylation is 2. The molecule has 106 valence electrons. The second-order valence-electron chi connectivity index (χ2n) is 4.60. The standard InChI is InChI=1S/C16H21N2OP/c1-3-13-9-5-7-11-15(13)17-20(19)18-16-12-8-6-10-14(16)4-2/h5-12,20H,3-4H2,1-2H3,(H2,17,18,19). The summed E-state index contributed by atoms with van der Waals surface area (Å²) < 4.78 is 12.3. The van der Waals surface area contributed by atoms with Crippen LogP contribution in [0.5, 0.6) is 0 Å². The van der Waals surface area contributed by atoms with Crippen molar-refractivity contribution in [1.29, 1.82) is 0 Å².